The van der Waals surface area contributed by atoms with E-state index in [9.17, 15) is 4.79 Å². The van der Waals surface area contributed by atoms with Gasteiger partial charge in [-0.1, -0.05) is 31.0 Å². The largest absolute Gasteiger partial charge is 0.294 e. The molecule has 1 aromatic carbocycles. The molecule has 0 fully saturated rings. The van der Waals surface area contributed by atoms with Crippen LogP contribution in [0.4, 0.5) is 0 Å². The molecule has 0 N–H and O–H groups in total. The number of benzene rings is 1. The van der Waals surface area contributed by atoms with Gasteiger partial charge in [0.25, 0.3) is 0 Å². The molecule has 0 bridgehead atoms. The highest BCUT2D eigenvalue weighted by Crippen LogP contribution is 2.10. The minimum absolute atomic E-state index is 0.135. The maximum absolute atomic E-state index is 11.5. The summed E-state index contributed by atoms with van der Waals surface area (Å²) in [5, 5.41) is 0. The van der Waals surface area contributed by atoms with Gasteiger partial charge < -0.3 is 0 Å². The van der Waals surface area contributed by atoms with Crippen molar-refractivity contribution in [1.29, 1.82) is 0 Å². The van der Waals surface area contributed by atoms with Gasteiger partial charge in [0.15, 0.2) is 5.78 Å². The number of hydrogen-bond donors (Lipinski definition) is 0. The van der Waals surface area contributed by atoms with Crippen LogP contribution in [-0.4, -0.2) is 5.78 Å². The van der Waals surface area contributed by atoms with Gasteiger partial charge in [-0.25, -0.2) is 0 Å². The number of carbonyl (C=O) groups excluding carboxylic acids is 1. The molecule has 0 aliphatic heterocycles. The highest BCUT2D eigenvalue weighted by atomic mass is 16.1. The van der Waals surface area contributed by atoms with Crippen molar-refractivity contribution in [3.05, 3.63) is 35.4 Å². The Hall–Kier alpha value is -1.55. The normalized spacial score (nSPS) is 9.23. The van der Waals surface area contributed by atoms with E-state index in [2.05, 4.69) is 5.92 Å². The first-order valence-electron chi connectivity index (χ1n) is 4.38. The summed E-state index contributed by atoms with van der Waals surface area (Å²) in [5.74, 6) is 2.65. The average Bonchev–Trinajstić information content (AvgIpc) is 2.18. The standard InChI is InChI=1S/C12H12O/c1-3-7-12(13)11-9-6-5-8-10(11)4-2/h2,5-6,8-9H,3,7H2,1H3. The summed E-state index contributed by atoms with van der Waals surface area (Å²) >= 11 is 0. The van der Waals surface area contributed by atoms with Crippen LogP contribution in [0.5, 0.6) is 0 Å². The molecule has 13 heavy (non-hydrogen) atoms. The molecule has 1 heteroatoms. The lowest BCUT2D eigenvalue weighted by Crippen LogP contribution is -2.00. The molecule has 66 valence electrons. The zero-order valence-corrected chi connectivity index (χ0v) is 7.71. The maximum atomic E-state index is 11.5. The number of Topliss-reactive ketones (excluding diaryl/α,β-unsaturated/α-hetero) is 1. The van der Waals surface area contributed by atoms with Crippen molar-refractivity contribution in [2.45, 2.75) is 19.8 Å². The summed E-state index contributed by atoms with van der Waals surface area (Å²) in [6.07, 6.45) is 6.71. The van der Waals surface area contributed by atoms with Gasteiger partial charge in [0, 0.05) is 17.5 Å². The van der Waals surface area contributed by atoms with E-state index in [1.807, 2.05) is 19.1 Å². The van der Waals surface area contributed by atoms with Gasteiger partial charge in [0.05, 0.1) is 0 Å². The predicted octanol–water partition coefficient (Wildman–Crippen LogP) is 2.65. The Labute approximate surface area is 78.8 Å². The molecule has 0 spiro atoms. The second kappa shape index (κ2) is 4.47. The molecule has 0 amide bonds. The Bertz CT molecular complexity index is 344. The Balaban J connectivity index is 3.01. The third kappa shape index (κ3) is 2.19. The maximum Gasteiger partial charge on any atom is 0.164 e. The van der Waals surface area contributed by atoms with Crippen LogP contribution in [0, 0.1) is 12.3 Å². The molecule has 0 aliphatic carbocycles. The van der Waals surface area contributed by atoms with E-state index >= 15 is 0 Å². The number of rotatable bonds is 3. The van der Waals surface area contributed by atoms with Crippen molar-refractivity contribution in [2.24, 2.45) is 0 Å². The Morgan fingerprint density at radius 2 is 2.15 bits per heavy atom. The lowest BCUT2D eigenvalue weighted by Gasteiger charge is -2.01. The van der Waals surface area contributed by atoms with Crippen molar-refractivity contribution in [3.63, 3.8) is 0 Å². The molecule has 0 atom stereocenters. The van der Waals surface area contributed by atoms with Gasteiger partial charge in [-0.15, -0.1) is 6.42 Å². The molecule has 0 unspecified atom stereocenters. The fourth-order valence-corrected chi connectivity index (χ4v) is 1.21. The fourth-order valence-electron chi connectivity index (χ4n) is 1.21. The van der Waals surface area contributed by atoms with Gasteiger partial charge in [-0.2, -0.15) is 0 Å². The molecular formula is C12H12O. The molecular weight excluding hydrogens is 160 g/mol. The Kier molecular flexibility index (Phi) is 3.28. The number of ketones is 1. The van der Waals surface area contributed by atoms with E-state index in [1.54, 1.807) is 12.1 Å². The number of hydrogen-bond acceptors (Lipinski definition) is 1. The topological polar surface area (TPSA) is 17.1 Å². The monoisotopic (exact) mass is 172 g/mol. The summed E-state index contributed by atoms with van der Waals surface area (Å²) in [6, 6.07) is 7.26. The zero-order chi connectivity index (χ0) is 9.68. The quantitative estimate of drug-likeness (QED) is 0.506. The van der Waals surface area contributed by atoms with E-state index < -0.39 is 0 Å². The summed E-state index contributed by atoms with van der Waals surface area (Å²) in [5.41, 5.74) is 1.37. The summed E-state index contributed by atoms with van der Waals surface area (Å²) < 4.78 is 0. The van der Waals surface area contributed by atoms with Crippen LogP contribution < -0.4 is 0 Å². The summed E-state index contributed by atoms with van der Waals surface area (Å²) in [6.45, 7) is 1.98. The summed E-state index contributed by atoms with van der Waals surface area (Å²) in [7, 11) is 0. The Morgan fingerprint density at radius 3 is 2.77 bits per heavy atom. The molecule has 0 aliphatic rings. The molecule has 0 aromatic heterocycles. The first kappa shape index (κ1) is 9.54. The molecule has 0 heterocycles. The molecule has 0 radical (unpaired) electrons. The van der Waals surface area contributed by atoms with Crippen LogP contribution in [0.1, 0.15) is 35.7 Å². The number of carbonyl (C=O) groups is 1. The first-order chi connectivity index (χ1) is 6.29. The number of terminal acetylenes is 1. The van der Waals surface area contributed by atoms with E-state index in [0.717, 1.165) is 6.42 Å². The van der Waals surface area contributed by atoms with E-state index in [-0.39, 0.29) is 5.78 Å². The van der Waals surface area contributed by atoms with E-state index in [1.165, 1.54) is 0 Å². The lowest BCUT2D eigenvalue weighted by atomic mass is 10.0. The van der Waals surface area contributed by atoms with Gasteiger partial charge in [-0.3, -0.25) is 4.79 Å². The van der Waals surface area contributed by atoms with Crippen molar-refractivity contribution in [1.82, 2.24) is 0 Å². The van der Waals surface area contributed by atoms with Crippen molar-refractivity contribution in [2.75, 3.05) is 0 Å². The van der Waals surface area contributed by atoms with E-state index in [4.69, 9.17) is 6.42 Å². The molecule has 0 saturated heterocycles. The van der Waals surface area contributed by atoms with Crippen LogP contribution in [0.2, 0.25) is 0 Å². The summed E-state index contributed by atoms with van der Waals surface area (Å²) in [4.78, 5) is 11.5. The third-order valence-corrected chi connectivity index (χ3v) is 1.86. The third-order valence-electron chi connectivity index (χ3n) is 1.86. The van der Waals surface area contributed by atoms with Gasteiger partial charge in [0.1, 0.15) is 0 Å². The fraction of sp³-hybridized carbons (Fsp3) is 0.250. The first-order valence-corrected chi connectivity index (χ1v) is 4.38. The highest BCUT2D eigenvalue weighted by molar-refractivity contribution is 5.98. The highest BCUT2D eigenvalue weighted by Gasteiger charge is 2.07. The molecule has 1 aromatic rings. The van der Waals surface area contributed by atoms with Crippen LogP contribution >= 0.6 is 0 Å². The van der Waals surface area contributed by atoms with Crippen molar-refractivity contribution in [3.8, 4) is 12.3 Å². The van der Waals surface area contributed by atoms with Gasteiger partial charge >= 0.3 is 0 Å². The van der Waals surface area contributed by atoms with Gasteiger partial charge in [-0.05, 0) is 12.5 Å². The SMILES string of the molecule is C#Cc1ccccc1C(=O)CCC. The second-order valence-corrected chi connectivity index (χ2v) is 2.86. The van der Waals surface area contributed by atoms with Crippen LogP contribution in [0.3, 0.4) is 0 Å². The van der Waals surface area contributed by atoms with E-state index in [0.29, 0.717) is 17.5 Å². The average molecular weight is 172 g/mol. The van der Waals surface area contributed by atoms with Crippen LogP contribution in [0.15, 0.2) is 24.3 Å². The Morgan fingerprint density at radius 1 is 1.46 bits per heavy atom. The lowest BCUT2D eigenvalue weighted by molar-refractivity contribution is 0.0981. The smallest absolute Gasteiger partial charge is 0.164 e. The minimum Gasteiger partial charge on any atom is -0.294 e. The second-order valence-electron chi connectivity index (χ2n) is 2.86. The van der Waals surface area contributed by atoms with Gasteiger partial charge in [0.2, 0.25) is 0 Å². The van der Waals surface area contributed by atoms with Crippen molar-refractivity contribution < 1.29 is 4.79 Å². The molecule has 1 rings (SSSR count). The zero-order valence-electron chi connectivity index (χ0n) is 7.71. The van der Waals surface area contributed by atoms with Crippen LogP contribution in [0.25, 0.3) is 0 Å². The minimum atomic E-state index is 0.135. The molecule has 1 nitrogen and oxygen atoms in total. The molecule has 0 saturated carbocycles. The predicted molar refractivity (Wildman–Crippen MR) is 53.6 cm³/mol. The van der Waals surface area contributed by atoms with Crippen LogP contribution in [-0.2, 0) is 0 Å². The van der Waals surface area contributed by atoms with Crippen molar-refractivity contribution >= 4 is 5.78 Å².